The molecule has 0 aliphatic carbocycles. The number of benzene rings is 2. The van der Waals surface area contributed by atoms with Gasteiger partial charge < -0.3 is 45.3 Å². The zero-order chi connectivity index (χ0) is 32.1. The summed E-state index contributed by atoms with van der Waals surface area (Å²) in [6, 6.07) is 12.3. The molecule has 0 aliphatic rings. The fourth-order valence-electron chi connectivity index (χ4n) is 4.59. The molecule has 235 valence electrons. The van der Waals surface area contributed by atoms with Gasteiger partial charge in [0.1, 0.15) is 32.7 Å². The molecule has 0 aromatic heterocycles. The third kappa shape index (κ3) is 12.5. The Labute approximate surface area is 277 Å². The average Bonchev–Trinajstić information content (AvgIpc) is 2.89. The maximum absolute atomic E-state index is 11.8. The van der Waals surface area contributed by atoms with Gasteiger partial charge in [-0.05, 0) is 18.6 Å². The van der Waals surface area contributed by atoms with Crippen molar-refractivity contribution in [2.24, 2.45) is 0 Å². The van der Waals surface area contributed by atoms with Crippen molar-refractivity contribution in [2.75, 3.05) is 54.0 Å². The van der Waals surface area contributed by atoms with Gasteiger partial charge in [-0.3, -0.25) is 28.8 Å². The molecule has 2 aromatic rings. The van der Waals surface area contributed by atoms with E-state index >= 15 is 0 Å². The first kappa shape index (κ1) is 37.7. The van der Waals surface area contributed by atoms with Gasteiger partial charge in [0.2, 0.25) is 0 Å². The number of para-hydroxylation sites is 3. The first-order chi connectivity index (χ1) is 20.3. The molecule has 16 heteroatoms. The molecule has 15 nitrogen and oxygen atoms in total. The summed E-state index contributed by atoms with van der Waals surface area (Å²) in [5, 5.41) is 56.4. The van der Waals surface area contributed by atoms with Gasteiger partial charge in [0, 0.05) is 45.7 Å². The summed E-state index contributed by atoms with van der Waals surface area (Å²) in [5.41, 5.74) is 0.953. The van der Waals surface area contributed by atoms with Gasteiger partial charge in [0.25, 0.3) is 5.97 Å². The van der Waals surface area contributed by atoms with Crippen molar-refractivity contribution >= 4 is 52.9 Å². The quantitative estimate of drug-likeness (QED) is 0.108. The third-order valence-corrected chi connectivity index (χ3v) is 6.09. The summed E-state index contributed by atoms with van der Waals surface area (Å²) < 4.78 is 0. The number of nitrogens with zero attached hydrogens (tertiary/aromatic N) is 3. The Hall–Kier alpha value is -4.37. The van der Waals surface area contributed by atoms with Crippen LogP contribution in [0.3, 0.4) is 0 Å². The molecule has 2 rings (SSSR count). The second-order valence-electron chi connectivity index (χ2n) is 9.39. The van der Waals surface area contributed by atoms with Crippen LogP contribution in [0.4, 0.5) is 17.1 Å². The van der Waals surface area contributed by atoms with Crippen LogP contribution < -0.4 is 14.7 Å². The molecule has 0 saturated heterocycles. The number of aliphatic carboxylic acids is 6. The maximum Gasteiger partial charge on any atom is 0.323 e. The molecule has 0 amide bonds. The predicted molar refractivity (Wildman–Crippen MR) is 152 cm³/mol. The number of hydrogen-bond acceptors (Lipinski definition) is 9. The monoisotopic (exact) mass is 692 g/mol. The molecule has 0 heterocycles. The van der Waals surface area contributed by atoms with Gasteiger partial charge in [-0.2, -0.15) is 17.5 Å². The van der Waals surface area contributed by atoms with E-state index in [0.717, 1.165) is 9.80 Å². The van der Waals surface area contributed by atoms with Crippen molar-refractivity contribution in [1.82, 2.24) is 0 Å². The summed E-state index contributed by atoms with van der Waals surface area (Å²) >= 11 is 0. The zero-order valence-electron chi connectivity index (χ0n) is 23.5. The van der Waals surface area contributed by atoms with Crippen molar-refractivity contribution < 1.29 is 92.1 Å². The van der Waals surface area contributed by atoms with E-state index < -0.39 is 75.0 Å². The Balaban J connectivity index is 0.00000968. The Morgan fingerprint density at radius 1 is 0.523 bits per heavy atom. The van der Waals surface area contributed by atoms with E-state index in [-0.39, 0.29) is 69.2 Å². The van der Waals surface area contributed by atoms with Crippen LogP contribution in [0.2, 0.25) is 0 Å². The molecule has 0 bridgehead atoms. The van der Waals surface area contributed by atoms with Gasteiger partial charge in [0.15, 0.2) is 0 Å². The topological polar surface area (TPSA) is 234 Å². The molecule has 0 aliphatic heterocycles. The van der Waals surface area contributed by atoms with Crippen molar-refractivity contribution in [1.29, 1.82) is 0 Å². The summed E-state index contributed by atoms with van der Waals surface area (Å²) in [4.78, 5) is 72.8. The number of hydrogen-bond donors (Lipinski definition) is 6. The van der Waals surface area contributed by atoms with Crippen LogP contribution in [-0.2, 0) is 61.5 Å². The van der Waals surface area contributed by atoms with E-state index in [1.54, 1.807) is 30.3 Å². The Kier molecular flexibility index (Phi) is 15.7. The number of carboxylic acid groups (broad SMARTS) is 6. The Bertz CT molecular complexity index is 1210. The Morgan fingerprint density at radius 2 is 0.886 bits per heavy atom. The molecule has 0 unspecified atom stereocenters. The minimum atomic E-state index is -1.30. The van der Waals surface area contributed by atoms with Gasteiger partial charge in [-0.15, -0.1) is 6.07 Å². The molecule has 0 atom stereocenters. The maximum atomic E-state index is 11.8. The second-order valence-corrected chi connectivity index (χ2v) is 9.39. The van der Waals surface area contributed by atoms with Crippen LogP contribution in [-0.4, -0.2) is 106 Å². The number of anilines is 3. The predicted octanol–water partition coefficient (Wildman–Crippen LogP) is 1.40. The number of carboxylic acids is 6. The largest absolute Gasteiger partial charge is 0.482 e. The van der Waals surface area contributed by atoms with Crippen molar-refractivity contribution in [2.45, 2.75) is 19.3 Å². The van der Waals surface area contributed by atoms with Crippen LogP contribution in [0.1, 0.15) is 24.8 Å². The fraction of sp³-hybridized carbons (Fsp3) is 0.321. The van der Waals surface area contributed by atoms with Crippen molar-refractivity contribution in [3.63, 3.8) is 0 Å². The fourth-order valence-corrected chi connectivity index (χ4v) is 4.59. The molecule has 0 saturated carbocycles. The van der Waals surface area contributed by atoms with Crippen LogP contribution in [0.25, 0.3) is 0 Å². The minimum Gasteiger partial charge on any atom is -0.482 e. The molecule has 2 aromatic carbocycles. The second kappa shape index (κ2) is 18.3. The molecule has 6 N–H and O–H groups in total. The molecular weight excluding hydrogens is 660 g/mol. The van der Waals surface area contributed by atoms with E-state index in [9.17, 15) is 59.4 Å². The average molecular weight is 692 g/mol. The molecule has 0 fully saturated rings. The molecule has 1 radical (unpaired) electrons. The molecular formula is C28H32N3O12Y-. The van der Waals surface area contributed by atoms with Gasteiger partial charge in [-0.1, -0.05) is 36.4 Å². The first-order valence-corrected chi connectivity index (χ1v) is 12.9. The number of carbonyl (C=O) groups is 6. The Morgan fingerprint density at radius 3 is 1.32 bits per heavy atom. The smallest absolute Gasteiger partial charge is 0.323 e. The van der Waals surface area contributed by atoms with E-state index in [0.29, 0.717) is 11.5 Å². The van der Waals surface area contributed by atoms with Gasteiger partial charge in [-0.25, -0.2) is 0 Å². The van der Waals surface area contributed by atoms with Crippen LogP contribution in [0.5, 0.6) is 0 Å². The third-order valence-electron chi connectivity index (χ3n) is 6.09. The van der Waals surface area contributed by atoms with Gasteiger partial charge >= 0.3 is 29.8 Å². The van der Waals surface area contributed by atoms with Crippen LogP contribution in [0.15, 0.2) is 48.5 Å². The van der Waals surface area contributed by atoms with E-state index in [1.807, 2.05) is 0 Å². The minimum absolute atomic E-state index is 0. The van der Waals surface area contributed by atoms with E-state index in [2.05, 4.69) is 0 Å². The van der Waals surface area contributed by atoms with Crippen molar-refractivity contribution in [3.05, 3.63) is 60.0 Å². The zero-order valence-corrected chi connectivity index (χ0v) is 26.4. The van der Waals surface area contributed by atoms with Crippen LogP contribution >= 0.6 is 0 Å². The SMILES string of the molecule is O=C(O)C[C-](CCCN(CC(=O)O)c1ccccc1N(CC(=O)O)CC(=O)O)c1ccccc1N(CC(=O)O)CC(=O)O.[90Y]. The standard InChI is InChI=1S/C28H32N3O12.Y/c32-23(33)12-18(19-7-1-2-8-20(19)30(14-25(36)37)15-26(38)39)6-5-11-29(13-24(34)35)21-9-3-4-10-22(21)31(16-27(40)41)17-28(42)43;/h1-4,7-10H,5-6,11-17H2,(H,32,33)(H,34,35)(H,36,37)(H,38,39)(H,40,41)(H,42,43);/q-1;/i;1+1. The van der Waals surface area contributed by atoms with E-state index in [1.165, 1.54) is 23.1 Å². The molecule has 44 heavy (non-hydrogen) atoms. The normalized spacial score (nSPS) is 10.2. The van der Waals surface area contributed by atoms with E-state index in [4.69, 9.17) is 0 Å². The van der Waals surface area contributed by atoms with Crippen LogP contribution in [0, 0.1) is 5.92 Å². The summed E-state index contributed by atoms with van der Waals surface area (Å²) in [6.07, 6.45) is -0.205. The van der Waals surface area contributed by atoms with Crippen molar-refractivity contribution in [3.8, 4) is 0 Å². The summed E-state index contributed by atoms with van der Waals surface area (Å²) in [5.74, 6) is -7.27. The summed E-state index contributed by atoms with van der Waals surface area (Å²) in [6.45, 7) is -3.16. The first-order valence-electron chi connectivity index (χ1n) is 12.9. The molecule has 0 spiro atoms. The number of rotatable bonds is 20. The summed E-state index contributed by atoms with van der Waals surface area (Å²) in [7, 11) is 0. The van der Waals surface area contributed by atoms with Gasteiger partial charge in [0.05, 0.1) is 11.4 Å².